The Labute approximate surface area is 120 Å². The molecule has 0 unspecified atom stereocenters. The van der Waals surface area contributed by atoms with Crippen LogP contribution < -0.4 is 0 Å². The molecule has 0 saturated heterocycles. The third kappa shape index (κ3) is 2.05. The quantitative estimate of drug-likeness (QED) is 0.781. The predicted octanol–water partition coefficient (Wildman–Crippen LogP) is 3.00. The first-order chi connectivity index (χ1) is 9.56. The second-order valence-corrected chi connectivity index (χ2v) is 4.92. The van der Waals surface area contributed by atoms with E-state index in [-0.39, 0.29) is 17.2 Å². The number of carboxylic acids is 1. The summed E-state index contributed by atoms with van der Waals surface area (Å²) in [5.41, 5.74) is 1.32. The number of halogens is 2. The Morgan fingerprint density at radius 3 is 2.90 bits per heavy atom. The van der Waals surface area contributed by atoms with E-state index in [2.05, 4.69) is 25.9 Å². The molecule has 0 atom stereocenters. The van der Waals surface area contributed by atoms with E-state index in [0.29, 0.717) is 15.7 Å². The predicted molar refractivity (Wildman–Crippen MR) is 73.0 cm³/mol. The van der Waals surface area contributed by atoms with Gasteiger partial charge in [0.1, 0.15) is 5.82 Å². The molecule has 7 heteroatoms. The average Bonchev–Trinajstić information content (AvgIpc) is 2.81. The van der Waals surface area contributed by atoms with Crippen molar-refractivity contribution in [2.24, 2.45) is 0 Å². The van der Waals surface area contributed by atoms with Gasteiger partial charge in [0.05, 0.1) is 5.69 Å². The number of nitrogens with zero attached hydrogens (tertiary/aromatic N) is 3. The SMILES string of the molecule is O=C(O)c1nccn2cc(-c3ccc(F)cc3Br)nc12. The highest BCUT2D eigenvalue weighted by Crippen LogP contribution is 2.28. The largest absolute Gasteiger partial charge is 0.476 e. The smallest absolute Gasteiger partial charge is 0.358 e. The zero-order valence-corrected chi connectivity index (χ0v) is 11.5. The molecule has 100 valence electrons. The molecule has 3 aromatic rings. The number of rotatable bonds is 2. The average molecular weight is 336 g/mol. The van der Waals surface area contributed by atoms with Crippen LogP contribution in [0.1, 0.15) is 10.5 Å². The molecule has 0 aliphatic heterocycles. The Morgan fingerprint density at radius 2 is 2.20 bits per heavy atom. The highest BCUT2D eigenvalue weighted by molar-refractivity contribution is 9.10. The lowest BCUT2D eigenvalue weighted by Crippen LogP contribution is -2.03. The Morgan fingerprint density at radius 1 is 1.40 bits per heavy atom. The topological polar surface area (TPSA) is 67.5 Å². The number of carbonyl (C=O) groups is 1. The summed E-state index contributed by atoms with van der Waals surface area (Å²) < 4.78 is 15.2. The van der Waals surface area contributed by atoms with E-state index < -0.39 is 5.97 Å². The molecular formula is C13H7BrFN3O2. The van der Waals surface area contributed by atoms with E-state index in [1.165, 1.54) is 18.3 Å². The number of hydrogen-bond acceptors (Lipinski definition) is 3. The number of hydrogen-bond donors (Lipinski definition) is 1. The molecular weight excluding hydrogens is 329 g/mol. The van der Waals surface area contributed by atoms with Crippen molar-refractivity contribution in [1.29, 1.82) is 0 Å². The standard InChI is InChI=1S/C13H7BrFN3O2/c14-9-5-7(15)1-2-8(9)10-6-18-4-3-16-11(13(19)20)12(18)17-10/h1-6H,(H,19,20). The molecule has 0 aliphatic rings. The summed E-state index contributed by atoms with van der Waals surface area (Å²) in [4.78, 5) is 19.2. The maximum atomic E-state index is 13.1. The molecule has 1 aromatic carbocycles. The number of carboxylic acid groups (broad SMARTS) is 1. The van der Waals surface area contributed by atoms with Crippen molar-refractivity contribution in [2.75, 3.05) is 0 Å². The maximum Gasteiger partial charge on any atom is 0.358 e. The van der Waals surface area contributed by atoms with Gasteiger partial charge < -0.3 is 9.51 Å². The van der Waals surface area contributed by atoms with Crippen molar-refractivity contribution in [3.05, 3.63) is 52.8 Å². The molecule has 2 heterocycles. The number of aromatic carboxylic acids is 1. The highest BCUT2D eigenvalue weighted by Gasteiger charge is 2.15. The van der Waals surface area contributed by atoms with Gasteiger partial charge in [0.25, 0.3) is 0 Å². The van der Waals surface area contributed by atoms with E-state index in [0.717, 1.165) is 0 Å². The van der Waals surface area contributed by atoms with E-state index in [9.17, 15) is 9.18 Å². The lowest BCUT2D eigenvalue weighted by molar-refractivity contribution is 0.0692. The molecule has 0 aliphatic carbocycles. The van der Waals surface area contributed by atoms with Gasteiger partial charge in [0.2, 0.25) is 0 Å². The third-order valence-corrected chi connectivity index (χ3v) is 3.44. The summed E-state index contributed by atoms with van der Waals surface area (Å²) in [5.74, 6) is -1.51. The van der Waals surface area contributed by atoms with Crippen LogP contribution >= 0.6 is 15.9 Å². The zero-order chi connectivity index (χ0) is 14.3. The monoisotopic (exact) mass is 335 g/mol. The molecule has 0 amide bonds. The van der Waals surface area contributed by atoms with Gasteiger partial charge in [-0.15, -0.1) is 0 Å². The Balaban J connectivity index is 2.23. The molecule has 0 saturated carbocycles. The van der Waals surface area contributed by atoms with Crippen molar-refractivity contribution in [3.63, 3.8) is 0 Å². The van der Waals surface area contributed by atoms with E-state index >= 15 is 0 Å². The van der Waals surface area contributed by atoms with Crippen LogP contribution in [0.5, 0.6) is 0 Å². The van der Waals surface area contributed by atoms with Gasteiger partial charge in [-0.2, -0.15) is 0 Å². The first-order valence-electron chi connectivity index (χ1n) is 5.58. The fraction of sp³-hybridized carbons (Fsp3) is 0. The van der Waals surface area contributed by atoms with Crippen molar-refractivity contribution >= 4 is 27.5 Å². The molecule has 20 heavy (non-hydrogen) atoms. The van der Waals surface area contributed by atoms with Gasteiger partial charge >= 0.3 is 5.97 Å². The Bertz CT molecular complexity index is 832. The summed E-state index contributed by atoms with van der Waals surface area (Å²) in [6.45, 7) is 0. The van der Waals surface area contributed by atoms with Crippen molar-refractivity contribution in [1.82, 2.24) is 14.4 Å². The minimum Gasteiger partial charge on any atom is -0.476 e. The number of imidazole rings is 1. The summed E-state index contributed by atoms with van der Waals surface area (Å²) in [7, 11) is 0. The lowest BCUT2D eigenvalue weighted by atomic mass is 10.2. The van der Waals surface area contributed by atoms with Crippen molar-refractivity contribution < 1.29 is 14.3 Å². The molecule has 5 nitrogen and oxygen atoms in total. The van der Waals surface area contributed by atoms with Gasteiger partial charge in [-0.05, 0) is 34.1 Å². The van der Waals surface area contributed by atoms with Gasteiger partial charge in [0.15, 0.2) is 11.3 Å². The van der Waals surface area contributed by atoms with E-state index in [4.69, 9.17) is 5.11 Å². The normalized spacial score (nSPS) is 10.9. The van der Waals surface area contributed by atoms with Gasteiger partial charge in [-0.3, -0.25) is 0 Å². The van der Waals surface area contributed by atoms with Gasteiger partial charge in [0, 0.05) is 28.6 Å². The molecule has 2 aromatic heterocycles. The van der Waals surface area contributed by atoms with Crippen LogP contribution in [0.3, 0.4) is 0 Å². The number of benzene rings is 1. The lowest BCUT2D eigenvalue weighted by Gasteiger charge is -1.99. The Kier molecular flexibility index (Phi) is 2.98. The summed E-state index contributed by atoms with van der Waals surface area (Å²) in [5, 5.41) is 9.08. The molecule has 0 fully saturated rings. The van der Waals surface area contributed by atoms with Crippen LogP contribution in [0.2, 0.25) is 0 Å². The third-order valence-electron chi connectivity index (χ3n) is 2.78. The maximum absolute atomic E-state index is 13.1. The molecule has 0 bridgehead atoms. The second-order valence-electron chi connectivity index (χ2n) is 4.06. The zero-order valence-electron chi connectivity index (χ0n) is 9.92. The van der Waals surface area contributed by atoms with Gasteiger partial charge in [-0.25, -0.2) is 19.2 Å². The van der Waals surface area contributed by atoms with Gasteiger partial charge in [-0.1, -0.05) is 0 Å². The summed E-state index contributed by atoms with van der Waals surface area (Å²) in [6.07, 6.45) is 4.67. The van der Waals surface area contributed by atoms with E-state index in [1.807, 2.05) is 0 Å². The molecule has 0 spiro atoms. The number of fused-ring (bicyclic) bond motifs is 1. The second kappa shape index (κ2) is 4.68. The van der Waals surface area contributed by atoms with Crippen LogP contribution in [0.15, 0.2) is 41.3 Å². The minimum absolute atomic E-state index is 0.128. The van der Waals surface area contributed by atoms with Crippen LogP contribution in [-0.4, -0.2) is 25.4 Å². The summed E-state index contributed by atoms with van der Waals surface area (Å²) in [6, 6.07) is 4.23. The fourth-order valence-corrected chi connectivity index (χ4v) is 2.45. The van der Waals surface area contributed by atoms with Crippen LogP contribution in [0.4, 0.5) is 4.39 Å². The number of aromatic nitrogens is 3. The fourth-order valence-electron chi connectivity index (χ4n) is 1.90. The molecule has 0 radical (unpaired) electrons. The first-order valence-corrected chi connectivity index (χ1v) is 6.38. The van der Waals surface area contributed by atoms with Crippen LogP contribution in [0.25, 0.3) is 16.9 Å². The first kappa shape index (κ1) is 12.7. The van der Waals surface area contributed by atoms with Crippen LogP contribution in [-0.2, 0) is 0 Å². The minimum atomic E-state index is -1.15. The molecule has 1 N–H and O–H groups in total. The Hall–Kier alpha value is -2.28. The van der Waals surface area contributed by atoms with E-state index in [1.54, 1.807) is 22.9 Å². The van der Waals surface area contributed by atoms with Crippen LogP contribution in [0, 0.1) is 5.82 Å². The highest BCUT2D eigenvalue weighted by atomic mass is 79.9. The molecule has 3 rings (SSSR count). The van der Waals surface area contributed by atoms with Crippen molar-refractivity contribution in [3.8, 4) is 11.3 Å². The summed E-state index contributed by atoms with van der Waals surface area (Å²) >= 11 is 3.27. The van der Waals surface area contributed by atoms with Crippen molar-refractivity contribution in [2.45, 2.75) is 0 Å².